The van der Waals surface area contributed by atoms with Crippen LogP contribution >= 0.6 is 0 Å². The van der Waals surface area contributed by atoms with E-state index in [4.69, 9.17) is 18.9 Å². The van der Waals surface area contributed by atoms with Crippen LogP contribution in [0.25, 0.3) is 0 Å². The Bertz CT molecular complexity index is 851. The van der Waals surface area contributed by atoms with Gasteiger partial charge in [0.1, 0.15) is 0 Å². The number of hydrogen-bond acceptors (Lipinski definition) is 7. The van der Waals surface area contributed by atoms with Gasteiger partial charge in [-0.05, 0) is 30.2 Å². The fourth-order valence-corrected chi connectivity index (χ4v) is 2.68. The lowest BCUT2D eigenvalue weighted by Gasteiger charge is -2.13. The van der Waals surface area contributed by atoms with Crippen LogP contribution in [0.5, 0.6) is 23.0 Å². The van der Waals surface area contributed by atoms with Gasteiger partial charge in [-0.3, -0.25) is 4.79 Å². The summed E-state index contributed by atoms with van der Waals surface area (Å²) in [5, 5.41) is 2.82. The third-order valence-electron chi connectivity index (χ3n) is 4.13. The standard InChI is InChI=1S/C21H25NO7/c1-25-17-7-5-6-14(21(17)28-4)8-11-19(23)22-15-9-10-16(18(12-15)26-2)29-13-20(24)27-3/h5-7,9-10,12H,8,11,13H2,1-4H3,(H,22,23). The fraction of sp³-hybridized carbons (Fsp3) is 0.333. The van der Waals surface area contributed by atoms with E-state index in [-0.39, 0.29) is 18.9 Å². The number of para-hydroxylation sites is 1. The van der Waals surface area contributed by atoms with Crippen molar-refractivity contribution >= 4 is 17.6 Å². The number of carbonyl (C=O) groups excluding carboxylic acids is 2. The number of nitrogens with one attached hydrogen (secondary N) is 1. The van der Waals surface area contributed by atoms with E-state index < -0.39 is 5.97 Å². The van der Waals surface area contributed by atoms with E-state index in [1.807, 2.05) is 12.1 Å². The molecule has 156 valence electrons. The van der Waals surface area contributed by atoms with E-state index in [9.17, 15) is 9.59 Å². The first-order chi connectivity index (χ1) is 14.0. The highest BCUT2D eigenvalue weighted by molar-refractivity contribution is 5.91. The Morgan fingerprint density at radius 3 is 2.31 bits per heavy atom. The van der Waals surface area contributed by atoms with Gasteiger partial charge in [-0.15, -0.1) is 0 Å². The molecule has 0 atom stereocenters. The van der Waals surface area contributed by atoms with Crippen LogP contribution in [-0.2, 0) is 20.7 Å². The van der Waals surface area contributed by atoms with Gasteiger partial charge >= 0.3 is 5.97 Å². The van der Waals surface area contributed by atoms with E-state index >= 15 is 0 Å². The van der Waals surface area contributed by atoms with E-state index in [2.05, 4.69) is 10.1 Å². The SMILES string of the molecule is COC(=O)COc1ccc(NC(=O)CCc2cccc(OC)c2OC)cc1OC. The van der Waals surface area contributed by atoms with Gasteiger partial charge in [0, 0.05) is 18.2 Å². The molecule has 0 heterocycles. The third-order valence-corrected chi connectivity index (χ3v) is 4.13. The highest BCUT2D eigenvalue weighted by Crippen LogP contribution is 2.32. The van der Waals surface area contributed by atoms with Gasteiger partial charge in [-0.2, -0.15) is 0 Å². The molecule has 0 saturated heterocycles. The first-order valence-corrected chi connectivity index (χ1v) is 8.89. The highest BCUT2D eigenvalue weighted by Gasteiger charge is 2.13. The Morgan fingerprint density at radius 1 is 0.897 bits per heavy atom. The van der Waals surface area contributed by atoms with E-state index in [1.54, 1.807) is 38.5 Å². The number of ether oxygens (including phenoxy) is 5. The summed E-state index contributed by atoms with van der Waals surface area (Å²) in [6.45, 7) is -0.235. The van der Waals surface area contributed by atoms with E-state index in [1.165, 1.54) is 14.2 Å². The van der Waals surface area contributed by atoms with Crippen molar-refractivity contribution in [2.75, 3.05) is 40.4 Å². The van der Waals surface area contributed by atoms with Crippen LogP contribution in [0.3, 0.4) is 0 Å². The molecular formula is C21H25NO7. The van der Waals surface area contributed by atoms with Crippen molar-refractivity contribution in [3.05, 3.63) is 42.0 Å². The molecule has 2 rings (SSSR count). The number of aryl methyl sites for hydroxylation is 1. The maximum absolute atomic E-state index is 12.4. The molecule has 1 N–H and O–H groups in total. The lowest BCUT2D eigenvalue weighted by atomic mass is 10.1. The Balaban J connectivity index is 1.99. The van der Waals surface area contributed by atoms with Crippen molar-refractivity contribution in [2.24, 2.45) is 0 Å². The molecule has 0 aliphatic carbocycles. The number of carbonyl (C=O) groups is 2. The molecule has 0 aromatic heterocycles. The first kappa shape index (κ1) is 21.9. The van der Waals surface area contributed by atoms with Crippen LogP contribution in [0, 0.1) is 0 Å². The molecule has 0 saturated carbocycles. The Hall–Kier alpha value is -3.42. The van der Waals surface area contributed by atoms with Crippen molar-refractivity contribution in [3.63, 3.8) is 0 Å². The van der Waals surface area contributed by atoms with Gasteiger partial charge < -0.3 is 29.0 Å². The Morgan fingerprint density at radius 2 is 1.66 bits per heavy atom. The van der Waals surface area contributed by atoms with Gasteiger partial charge in [0.2, 0.25) is 5.91 Å². The summed E-state index contributed by atoms with van der Waals surface area (Å²) in [4.78, 5) is 23.6. The van der Waals surface area contributed by atoms with Crippen LogP contribution in [0.1, 0.15) is 12.0 Å². The largest absolute Gasteiger partial charge is 0.493 e. The van der Waals surface area contributed by atoms with Crippen LogP contribution in [-0.4, -0.2) is 46.9 Å². The summed E-state index contributed by atoms with van der Waals surface area (Å²) in [7, 11) is 5.89. The third kappa shape index (κ3) is 6.03. The molecule has 29 heavy (non-hydrogen) atoms. The maximum Gasteiger partial charge on any atom is 0.343 e. The average molecular weight is 403 g/mol. The molecule has 8 heteroatoms. The second kappa shape index (κ2) is 10.8. The summed E-state index contributed by atoms with van der Waals surface area (Å²) in [5.41, 5.74) is 1.43. The minimum Gasteiger partial charge on any atom is -0.493 e. The zero-order valence-electron chi connectivity index (χ0n) is 16.9. The normalized spacial score (nSPS) is 10.1. The van der Waals surface area contributed by atoms with Crippen molar-refractivity contribution in [1.82, 2.24) is 0 Å². The summed E-state index contributed by atoms with van der Waals surface area (Å²) in [5.74, 6) is 1.34. The second-order valence-electron chi connectivity index (χ2n) is 5.93. The quantitative estimate of drug-likeness (QED) is 0.610. The number of anilines is 1. The smallest absolute Gasteiger partial charge is 0.343 e. The van der Waals surface area contributed by atoms with Crippen LogP contribution in [0.15, 0.2) is 36.4 Å². The predicted octanol–water partition coefficient (Wildman–Crippen LogP) is 2.84. The summed E-state index contributed by atoms with van der Waals surface area (Å²) in [6, 6.07) is 10.5. The van der Waals surface area contributed by atoms with Gasteiger partial charge in [0.05, 0.1) is 28.4 Å². The van der Waals surface area contributed by atoms with Crippen molar-refractivity contribution in [3.8, 4) is 23.0 Å². The van der Waals surface area contributed by atoms with E-state index in [0.29, 0.717) is 35.1 Å². The molecule has 8 nitrogen and oxygen atoms in total. The number of esters is 1. The molecule has 0 unspecified atom stereocenters. The molecule has 0 spiro atoms. The molecule has 2 aromatic rings. The number of benzene rings is 2. The zero-order valence-corrected chi connectivity index (χ0v) is 16.9. The van der Waals surface area contributed by atoms with Gasteiger partial charge in [-0.25, -0.2) is 4.79 Å². The summed E-state index contributed by atoms with van der Waals surface area (Å²) in [6.07, 6.45) is 0.746. The van der Waals surface area contributed by atoms with Crippen LogP contribution < -0.4 is 24.3 Å². The zero-order chi connectivity index (χ0) is 21.2. The lowest BCUT2D eigenvalue weighted by Crippen LogP contribution is -2.14. The predicted molar refractivity (Wildman–Crippen MR) is 107 cm³/mol. The van der Waals surface area contributed by atoms with Crippen LogP contribution in [0.2, 0.25) is 0 Å². The van der Waals surface area contributed by atoms with E-state index in [0.717, 1.165) is 5.56 Å². The molecule has 0 fully saturated rings. The minimum atomic E-state index is -0.502. The molecule has 0 radical (unpaired) electrons. The van der Waals surface area contributed by atoms with Crippen molar-refractivity contribution < 1.29 is 33.3 Å². The van der Waals surface area contributed by atoms with Gasteiger partial charge in [-0.1, -0.05) is 12.1 Å². The number of rotatable bonds is 10. The molecule has 2 aromatic carbocycles. The number of amides is 1. The lowest BCUT2D eigenvalue weighted by molar-refractivity contribution is -0.142. The van der Waals surface area contributed by atoms with Crippen molar-refractivity contribution in [2.45, 2.75) is 12.8 Å². The topological polar surface area (TPSA) is 92.3 Å². The number of methoxy groups -OCH3 is 4. The van der Waals surface area contributed by atoms with Gasteiger partial charge in [0.25, 0.3) is 0 Å². The molecule has 0 aliphatic heterocycles. The Kier molecular flexibility index (Phi) is 8.14. The molecule has 0 aliphatic rings. The summed E-state index contributed by atoms with van der Waals surface area (Å²) >= 11 is 0. The van der Waals surface area contributed by atoms with Crippen molar-refractivity contribution in [1.29, 1.82) is 0 Å². The molecule has 0 bridgehead atoms. The highest BCUT2D eigenvalue weighted by atomic mass is 16.6. The van der Waals surface area contributed by atoms with Crippen LogP contribution in [0.4, 0.5) is 5.69 Å². The average Bonchev–Trinajstić information content (AvgIpc) is 2.75. The monoisotopic (exact) mass is 403 g/mol. The maximum atomic E-state index is 12.4. The fourth-order valence-electron chi connectivity index (χ4n) is 2.68. The minimum absolute atomic E-state index is 0.167. The second-order valence-corrected chi connectivity index (χ2v) is 5.93. The number of hydrogen-bond donors (Lipinski definition) is 1. The molecular weight excluding hydrogens is 378 g/mol. The van der Waals surface area contributed by atoms with Gasteiger partial charge in [0.15, 0.2) is 29.6 Å². The summed E-state index contributed by atoms with van der Waals surface area (Å²) < 4.78 is 25.8. The molecule has 1 amide bonds. The Labute approximate surface area is 169 Å². The first-order valence-electron chi connectivity index (χ1n) is 8.89.